The number of hydrogen-bond donors (Lipinski definition) is 0. The zero-order valence-electron chi connectivity index (χ0n) is 26.6. The Morgan fingerprint density at radius 3 is 2.16 bits per heavy atom. The molecule has 1 unspecified atom stereocenters. The molecule has 0 spiro atoms. The summed E-state index contributed by atoms with van der Waals surface area (Å²) < 4.78 is 78.5. The van der Waals surface area contributed by atoms with E-state index >= 15 is 0 Å². The summed E-state index contributed by atoms with van der Waals surface area (Å²) in [6.45, 7) is 8.77. The van der Waals surface area contributed by atoms with Gasteiger partial charge in [-0.2, -0.15) is 16.8 Å². The first-order valence-electron chi connectivity index (χ1n) is 14.3. The third-order valence-electron chi connectivity index (χ3n) is 6.99. The average Bonchev–Trinajstić information content (AvgIpc) is 2.99. The van der Waals surface area contributed by atoms with E-state index in [0.29, 0.717) is 16.9 Å². The molecule has 1 atom stereocenters. The van der Waals surface area contributed by atoms with Gasteiger partial charge in [0.05, 0.1) is 25.5 Å². The van der Waals surface area contributed by atoms with Crippen molar-refractivity contribution in [2.45, 2.75) is 64.9 Å². The summed E-state index contributed by atoms with van der Waals surface area (Å²) in [4.78, 5) is 12.4. The zero-order valence-corrected chi connectivity index (χ0v) is 28.2. The van der Waals surface area contributed by atoms with E-state index < -0.39 is 26.2 Å². The van der Waals surface area contributed by atoms with Gasteiger partial charge in [-0.3, -0.25) is 0 Å². The topological polar surface area (TPSA) is 132 Å². The van der Waals surface area contributed by atoms with Gasteiger partial charge in [-0.1, -0.05) is 55.0 Å². The molecular weight excluding hydrogens is 620 g/mol. The van der Waals surface area contributed by atoms with E-state index in [2.05, 4.69) is 0 Å². The highest BCUT2D eigenvalue weighted by Gasteiger charge is 2.27. The van der Waals surface area contributed by atoms with Crippen molar-refractivity contribution in [3.63, 3.8) is 0 Å². The van der Waals surface area contributed by atoms with Gasteiger partial charge in [0.25, 0.3) is 0 Å². The summed E-state index contributed by atoms with van der Waals surface area (Å²) >= 11 is 0. The van der Waals surface area contributed by atoms with Crippen molar-refractivity contribution in [2.24, 2.45) is 0 Å². The molecule has 12 heteroatoms. The lowest BCUT2D eigenvalue weighted by Crippen LogP contribution is -2.14. The van der Waals surface area contributed by atoms with Crippen LogP contribution < -0.4 is 13.7 Å². The minimum absolute atomic E-state index is 0.00684. The predicted molar refractivity (Wildman–Crippen MR) is 170 cm³/mol. The molecule has 10 nitrogen and oxygen atoms in total. The molecule has 3 aromatic carbocycles. The quantitative estimate of drug-likeness (QED) is 0.0786. The summed E-state index contributed by atoms with van der Waals surface area (Å²) in [5.41, 5.74) is 2.79. The minimum Gasteiger partial charge on any atom is -0.492 e. The van der Waals surface area contributed by atoms with Crippen molar-refractivity contribution in [3.05, 3.63) is 94.2 Å². The number of benzene rings is 3. The van der Waals surface area contributed by atoms with E-state index in [1.54, 1.807) is 32.0 Å². The number of allylic oxidation sites excluding steroid dienone is 1. The van der Waals surface area contributed by atoms with E-state index in [9.17, 15) is 21.6 Å². The van der Waals surface area contributed by atoms with Gasteiger partial charge in [0, 0.05) is 17.5 Å². The molecule has 0 saturated carbocycles. The highest BCUT2D eigenvalue weighted by Crippen LogP contribution is 2.45. The molecule has 244 valence electrons. The third kappa shape index (κ3) is 9.73. The molecule has 0 N–H and O–H groups in total. The van der Waals surface area contributed by atoms with Crippen LogP contribution in [0.5, 0.6) is 17.2 Å². The van der Waals surface area contributed by atoms with Crippen molar-refractivity contribution in [1.82, 2.24) is 0 Å². The van der Waals surface area contributed by atoms with Gasteiger partial charge in [-0.25, -0.2) is 4.79 Å². The number of carbonyl (C=O) groups excluding carboxylic acids is 1. The second kappa shape index (κ2) is 15.3. The van der Waals surface area contributed by atoms with Crippen LogP contribution in [0.4, 0.5) is 0 Å². The lowest BCUT2D eigenvalue weighted by molar-refractivity contribution is -0.138. The maximum Gasteiger partial charge on any atom is 0.339 e. The largest absolute Gasteiger partial charge is 0.492 e. The molecular formula is C33H40O10S2. The zero-order chi connectivity index (χ0) is 33.4. The SMILES string of the molecule is CCOC(=O)/C(C)=C(\CCC(C)c1cc(OS(=O)(=O)c2ccc(C)cc2)c(C)c(OC)c1OCc1ccccc1)OS(C)(=O)=O. The second-order valence-electron chi connectivity index (χ2n) is 10.6. The fourth-order valence-corrected chi connectivity index (χ4v) is 6.06. The van der Waals surface area contributed by atoms with Crippen LogP contribution in [-0.4, -0.2) is 42.8 Å². The van der Waals surface area contributed by atoms with Crippen molar-refractivity contribution in [3.8, 4) is 17.2 Å². The monoisotopic (exact) mass is 660 g/mol. The number of rotatable bonds is 15. The van der Waals surface area contributed by atoms with Crippen molar-refractivity contribution < 1.29 is 44.2 Å². The summed E-state index contributed by atoms with van der Waals surface area (Å²) in [6, 6.07) is 17.4. The molecule has 3 aromatic rings. The molecule has 0 fully saturated rings. The Bertz CT molecular complexity index is 1730. The van der Waals surface area contributed by atoms with Gasteiger partial charge in [-0.15, -0.1) is 0 Å². The van der Waals surface area contributed by atoms with Crippen LogP contribution in [0.3, 0.4) is 0 Å². The second-order valence-corrected chi connectivity index (χ2v) is 13.7. The lowest BCUT2D eigenvalue weighted by atomic mass is 9.92. The van der Waals surface area contributed by atoms with E-state index in [1.807, 2.05) is 44.2 Å². The van der Waals surface area contributed by atoms with Crippen molar-refractivity contribution in [1.29, 1.82) is 0 Å². The van der Waals surface area contributed by atoms with Crippen molar-refractivity contribution in [2.75, 3.05) is 20.0 Å². The number of methoxy groups -OCH3 is 1. The number of carbonyl (C=O) groups is 1. The van der Waals surface area contributed by atoms with Crippen LogP contribution in [0, 0.1) is 13.8 Å². The molecule has 0 bridgehead atoms. The first kappa shape index (κ1) is 35.4. The molecule has 3 rings (SSSR count). The third-order valence-corrected chi connectivity index (χ3v) is 8.74. The standard InChI is InChI=1S/C33H40O10S2/c1-8-40-33(34)25(5)29(42-44(7,35)36)19-16-23(3)28-20-30(43-45(37,38)27-17-14-22(2)15-18-27)24(4)31(39-6)32(28)41-21-26-12-10-9-11-13-26/h9-15,17-18,20,23H,8,16,19,21H2,1-7H3/b29-25+. The highest BCUT2D eigenvalue weighted by atomic mass is 32.2. The van der Waals surface area contributed by atoms with Gasteiger partial charge in [0.1, 0.15) is 23.0 Å². The Balaban J connectivity index is 2.08. The smallest absolute Gasteiger partial charge is 0.339 e. The molecule has 0 amide bonds. The Morgan fingerprint density at radius 2 is 1.58 bits per heavy atom. The van der Waals surface area contributed by atoms with E-state index in [4.69, 9.17) is 22.6 Å². The summed E-state index contributed by atoms with van der Waals surface area (Å²) in [5.74, 6) is -0.412. The van der Waals surface area contributed by atoms with E-state index in [-0.39, 0.29) is 59.7 Å². The maximum absolute atomic E-state index is 13.3. The maximum atomic E-state index is 13.3. The van der Waals surface area contributed by atoms with Crippen molar-refractivity contribution >= 4 is 26.2 Å². The van der Waals surface area contributed by atoms with Crippen LogP contribution in [0.25, 0.3) is 0 Å². The van der Waals surface area contributed by atoms with Gasteiger partial charge in [0.15, 0.2) is 11.5 Å². The normalized spacial score (nSPS) is 13.0. The van der Waals surface area contributed by atoms with Gasteiger partial charge in [-0.05, 0) is 63.8 Å². The average molecular weight is 661 g/mol. The Labute approximate surface area is 266 Å². The fourth-order valence-electron chi connectivity index (χ4n) is 4.51. The van der Waals surface area contributed by atoms with Crippen LogP contribution >= 0.6 is 0 Å². The number of ether oxygens (including phenoxy) is 3. The first-order valence-corrected chi connectivity index (χ1v) is 17.5. The Kier molecular flexibility index (Phi) is 12.1. The fraction of sp³-hybridized carbons (Fsp3) is 0.364. The Morgan fingerprint density at radius 1 is 0.933 bits per heavy atom. The number of aryl methyl sites for hydroxylation is 1. The summed E-state index contributed by atoms with van der Waals surface area (Å²) in [7, 11) is -6.70. The number of hydrogen-bond acceptors (Lipinski definition) is 10. The van der Waals surface area contributed by atoms with E-state index in [0.717, 1.165) is 17.4 Å². The summed E-state index contributed by atoms with van der Waals surface area (Å²) in [5, 5.41) is 0. The minimum atomic E-state index is -4.20. The molecule has 0 saturated heterocycles. The molecule has 45 heavy (non-hydrogen) atoms. The highest BCUT2D eigenvalue weighted by molar-refractivity contribution is 7.87. The molecule has 0 aliphatic rings. The van der Waals surface area contributed by atoms with Crippen LogP contribution in [-0.2, 0) is 40.6 Å². The summed E-state index contributed by atoms with van der Waals surface area (Å²) in [6.07, 6.45) is 1.22. The van der Waals surface area contributed by atoms with Gasteiger partial charge in [0.2, 0.25) is 0 Å². The molecule has 0 aromatic heterocycles. The molecule has 0 aliphatic carbocycles. The van der Waals surface area contributed by atoms with Gasteiger partial charge < -0.3 is 22.6 Å². The molecule has 0 radical (unpaired) electrons. The Hall–Kier alpha value is -4.03. The molecule has 0 aliphatic heterocycles. The first-order chi connectivity index (χ1) is 21.2. The van der Waals surface area contributed by atoms with Crippen LogP contribution in [0.2, 0.25) is 0 Å². The van der Waals surface area contributed by atoms with Gasteiger partial charge >= 0.3 is 26.2 Å². The van der Waals surface area contributed by atoms with Crippen LogP contribution in [0.15, 0.2) is 76.9 Å². The van der Waals surface area contributed by atoms with E-state index in [1.165, 1.54) is 26.2 Å². The number of esters is 1. The lowest BCUT2D eigenvalue weighted by Gasteiger charge is -2.23. The van der Waals surface area contributed by atoms with Crippen LogP contribution in [0.1, 0.15) is 61.8 Å². The predicted octanol–water partition coefficient (Wildman–Crippen LogP) is 6.36. The molecule has 0 heterocycles.